The first-order valence-corrected chi connectivity index (χ1v) is 10.1. The number of rotatable bonds is 6. The van der Waals surface area contributed by atoms with Crippen molar-refractivity contribution in [1.82, 2.24) is 4.90 Å². The van der Waals surface area contributed by atoms with Gasteiger partial charge < -0.3 is 10.1 Å². The minimum Gasteiger partial charge on any atom is -0.462 e. The van der Waals surface area contributed by atoms with Crippen molar-refractivity contribution in [3.05, 3.63) is 40.3 Å². The third kappa shape index (κ3) is 4.37. The highest BCUT2D eigenvalue weighted by Crippen LogP contribution is 2.40. The summed E-state index contributed by atoms with van der Waals surface area (Å²) in [4.78, 5) is 50.5. The Bertz CT molecular complexity index is 962. The maximum atomic E-state index is 12.7. The average molecular weight is 414 g/mol. The zero-order valence-corrected chi connectivity index (χ0v) is 17.4. The third-order valence-corrected chi connectivity index (χ3v) is 5.63. The molecule has 3 amide bonds. The van der Waals surface area contributed by atoms with Crippen molar-refractivity contribution in [2.45, 2.75) is 33.6 Å². The summed E-state index contributed by atoms with van der Waals surface area (Å²) in [5, 5.41) is 3.04. The number of ether oxygens (including phenoxy) is 1. The van der Waals surface area contributed by atoms with Crippen molar-refractivity contribution in [1.29, 1.82) is 0 Å². The third-order valence-electron chi connectivity index (χ3n) is 4.61. The van der Waals surface area contributed by atoms with E-state index in [2.05, 4.69) is 5.32 Å². The van der Waals surface area contributed by atoms with Crippen LogP contribution in [0.2, 0.25) is 0 Å². The number of benzene rings is 1. The molecule has 3 rings (SSSR count). The van der Waals surface area contributed by atoms with Crippen molar-refractivity contribution in [3.8, 4) is 11.1 Å². The SMILES string of the molecule is CCOC(=O)c1c(NC(=O)CN2C(=O)CCC2=O)sc(C)c1-c1ccc(C)cc1. The van der Waals surface area contributed by atoms with Crippen molar-refractivity contribution < 1.29 is 23.9 Å². The van der Waals surface area contributed by atoms with Crippen LogP contribution in [0.25, 0.3) is 11.1 Å². The largest absolute Gasteiger partial charge is 0.462 e. The standard InChI is InChI=1S/C21H22N2O5S/c1-4-28-21(27)19-18(14-7-5-12(2)6-8-14)13(3)29-20(19)22-15(24)11-23-16(25)9-10-17(23)26/h5-8H,4,9-11H2,1-3H3,(H,22,24). The summed E-state index contributed by atoms with van der Waals surface area (Å²) in [6, 6.07) is 7.73. The topological polar surface area (TPSA) is 92.8 Å². The molecule has 1 aromatic carbocycles. The quantitative estimate of drug-likeness (QED) is 0.578. The van der Waals surface area contributed by atoms with Gasteiger partial charge in [0, 0.05) is 23.3 Å². The van der Waals surface area contributed by atoms with Gasteiger partial charge in [0.1, 0.15) is 17.1 Å². The number of imide groups is 1. The molecule has 0 spiro atoms. The fourth-order valence-corrected chi connectivity index (χ4v) is 4.29. The van der Waals surface area contributed by atoms with E-state index in [1.165, 1.54) is 11.3 Å². The van der Waals surface area contributed by atoms with Gasteiger partial charge >= 0.3 is 5.97 Å². The van der Waals surface area contributed by atoms with Crippen molar-refractivity contribution in [2.75, 3.05) is 18.5 Å². The van der Waals surface area contributed by atoms with E-state index in [0.29, 0.717) is 10.6 Å². The molecule has 7 nitrogen and oxygen atoms in total. The number of nitrogens with one attached hydrogen (secondary N) is 1. The normalized spacial score (nSPS) is 13.7. The van der Waals surface area contributed by atoms with E-state index in [-0.39, 0.29) is 43.4 Å². The zero-order valence-electron chi connectivity index (χ0n) is 16.5. The maximum absolute atomic E-state index is 12.7. The smallest absolute Gasteiger partial charge is 0.341 e. The second-order valence-corrected chi connectivity index (χ2v) is 7.97. The Morgan fingerprint density at radius 2 is 1.72 bits per heavy atom. The Morgan fingerprint density at radius 3 is 2.31 bits per heavy atom. The number of hydrogen-bond donors (Lipinski definition) is 1. The highest BCUT2D eigenvalue weighted by atomic mass is 32.1. The van der Waals surface area contributed by atoms with E-state index in [1.807, 2.05) is 38.1 Å². The summed E-state index contributed by atoms with van der Waals surface area (Å²) < 4.78 is 5.21. The minimum atomic E-state index is -0.532. The molecule has 1 aliphatic heterocycles. The molecule has 0 unspecified atom stereocenters. The van der Waals surface area contributed by atoms with Gasteiger partial charge in [0.05, 0.1) is 6.61 Å². The summed E-state index contributed by atoms with van der Waals surface area (Å²) in [7, 11) is 0. The van der Waals surface area contributed by atoms with Gasteiger partial charge in [-0.05, 0) is 26.3 Å². The molecule has 2 aromatic rings. The summed E-state index contributed by atoms with van der Waals surface area (Å²) in [6.07, 6.45) is 0.242. The zero-order chi connectivity index (χ0) is 21.1. The van der Waals surface area contributed by atoms with Crippen LogP contribution in [0, 0.1) is 13.8 Å². The van der Waals surface area contributed by atoms with Gasteiger partial charge in [0.25, 0.3) is 0 Å². The molecule has 1 aromatic heterocycles. The number of carbonyl (C=O) groups is 4. The lowest BCUT2D eigenvalue weighted by atomic mass is 10.0. The Hall–Kier alpha value is -3.00. The molecule has 0 aliphatic carbocycles. The fraction of sp³-hybridized carbons (Fsp3) is 0.333. The van der Waals surface area contributed by atoms with Gasteiger partial charge in [-0.3, -0.25) is 19.3 Å². The summed E-state index contributed by atoms with van der Waals surface area (Å²) in [5.74, 6) is -1.79. The Morgan fingerprint density at radius 1 is 1.10 bits per heavy atom. The average Bonchev–Trinajstić information content (AvgIpc) is 3.16. The van der Waals surface area contributed by atoms with E-state index < -0.39 is 11.9 Å². The van der Waals surface area contributed by atoms with Gasteiger partial charge in [-0.15, -0.1) is 11.3 Å². The van der Waals surface area contributed by atoms with Crippen LogP contribution in [0.15, 0.2) is 24.3 Å². The van der Waals surface area contributed by atoms with Gasteiger partial charge in [-0.2, -0.15) is 0 Å². The molecular weight excluding hydrogens is 392 g/mol. The molecular formula is C21H22N2O5S. The molecule has 29 heavy (non-hydrogen) atoms. The van der Waals surface area contributed by atoms with Gasteiger partial charge in [0.2, 0.25) is 17.7 Å². The van der Waals surface area contributed by atoms with Crippen molar-refractivity contribution in [3.63, 3.8) is 0 Å². The van der Waals surface area contributed by atoms with Crippen LogP contribution in [-0.2, 0) is 19.1 Å². The number of aryl methyl sites for hydroxylation is 2. The maximum Gasteiger partial charge on any atom is 0.341 e. The van der Waals surface area contributed by atoms with E-state index in [9.17, 15) is 19.2 Å². The second kappa shape index (κ2) is 8.57. The number of nitrogens with zero attached hydrogens (tertiary/aromatic N) is 1. The van der Waals surface area contributed by atoms with E-state index in [1.54, 1.807) is 6.92 Å². The molecule has 1 aliphatic rings. The molecule has 2 heterocycles. The minimum absolute atomic E-state index is 0.121. The molecule has 8 heteroatoms. The number of anilines is 1. The molecule has 0 bridgehead atoms. The highest BCUT2D eigenvalue weighted by molar-refractivity contribution is 7.17. The molecule has 0 atom stereocenters. The lowest BCUT2D eigenvalue weighted by Crippen LogP contribution is -2.36. The van der Waals surface area contributed by atoms with Crippen molar-refractivity contribution >= 4 is 40.0 Å². The van der Waals surface area contributed by atoms with Crippen LogP contribution in [0.1, 0.15) is 40.6 Å². The monoisotopic (exact) mass is 414 g/mol. The highest BCUT2D eigenvalue weighted by Gasteiger charge is 2.31. The molecule has 1 N–H and O–H groups in total. The van der Waals surface area contributed by atoms with E-state index in [4.69, 9.17) is 4.74 Å². The number of likely N-dealkylation sites (tertiary alicyclic amines) is 1. The molecule has 1 saturated heterocycles. The lowest BCUT2D eigenvalue weighted by molar-refractivity contribution is -0.141. The van der Waals surface area contributed by atoms with Crippen LogP contribution in [-0.4, -0.2) is 41.7 Å². The first kappa shape index (κ1) is 20.7. The fourth-order valence-electron chi connectivity index (χ4n) is 3.21. The summed E-state index contributed by atoms with van der Waals surface area (Å²) >= 11 is 1.26. The van der Waals surface area contributed by atoms with Crippen LogP contribution in [0.3, 0.4) is 0 Å². The molecule has 0 radical (unpaired) electrons. The number of thiophene rings is 1. The van der Waals surface area contributed by atoms with Crippen LogP contribution in [0.5, 0.6) is 0 Å². The predicted molar refractivity (Wildman–Crippen MR) is 110 cm³/mol. The lowest BCUT2D eigenvalue weighted by Gasteiger charge is -2.14. The Balaban J connectivity index is 1.93. The Labute approximate surface area is 172 Å². The first-order valence-electron chi connectivity index (χ1n) is 9.32. The van der Waals surface area contributed by atoms with E-state index in [0.717, 1.165) is 20.9 Å². The van der Waals surface area contributed by atoms with Crippen LogP contribution >= 0.6 is 11.3 Å². The summed E-state index contributed by atoms with van der Waals surface area (Å²) in [5.41, 5.74) is 2.92. The van der Waals surface area contributed by atoms with Gasteiger partial charge in [-0.1, -0.05) is 29.8 Å². The van der Waals surface area contributed by atoms with Crippen LogP contribution < -0.4 is 5.32 Å². The number of hydrogen-bond acceptors (Lipinski definition) is 6. The predicted octanol–water partition coefficient (Wildman–Crippen LogP) is 3.30. The number of carbonyl (C=O) groups excluding carboxylic acids is 4. The first-order chi connectivity index (χ1) is 13.8. The van der Waals surface area contributed by atoms with Gasteiger partial charge in [0.15, 0.2) is 0 Å². The van der Waals surface area contributed by atoms with E-state index >= 15 is 0 Å². The van der Waals surface area contributed by atoms with Crippen LogP contribution in [0.4, 0.5) is 5.00 Å². The number of esters is 1. The Kier molecular flexibility index (Phi) is 6.12. The summed E-state index contributed by atoms with van der Waals surface area (Å²) in [6.45, 7) is 5.39. The second-order valence-electron chi connectivity index (χ2n) is 6.75. The van der Waals surface area contributed by atoms with Gasteiger partial charge in [-0.25, -0.2) is 4.79 Å². The molecule has 0 saturated carbocycles. The molecule has 1 fully saturated rings. The number of amides is 3. The van der Waals surface area contributed by atoms with Crippen molar-refractivity contribution in [2.24, 2.45) is 0 Å². The molecule has 152 valence electrons.